The topological polar surface area (TPSA) is 27.1 Å². The normalized spacial score (nSPS) is 12.3. The molecule has 0 saturated heterocycles. The molecular weight excluding hydrogens is 379 g/mol. The van der Waals surface area contributed by atoms with Gasteiger partial charge in [0.05, 0.1) is 16.6 Å². The van der Waals surface area contributed by atoms with Crippen molar-refractivity contribution >= 4 is 23.4 Å². The molecular formula is C27H31BN2O. The lowest BCUT2D eigenvalue weighted by Gasteiger charge is -2.40. The van der Waals surface area contributed by atoms with Gasteiger partial charge in [-0.25, -0.2) is 4.98 Å². The van der Waals surface area contributed by atoms with E-state index in [1.165, 1.54) is 5.46 Å². The number of hydrogen-bond acceptors (Lipinski definition) is 2. The van der Waals surface area contributed by atoms with Crippen LogP contribution < -0.4 is 5.46 Å². The lowest BCUT2D eigenvalue weighted by atomic mass is 9.62. The largest absolute Gasteiger partial charge is 0.426 e. The van der Waals surface area contributed by atoms with Gasteiger partial charge in [0, 0.05) is 11.3 Å². The highest BCUT2D eigenvalue weighted by atomic mass is 16.5. The summed E-state index contributed by atoms with van der Waals surface area (Å²) < 4.78 is 8.70. The summed E-state index contributed by atoms with van der Waals surface area (Å²) in [5.41, 5.74) is 5.30. The number of para-hydroxylation sites is 2. The molecule has 0 spiro atoms. The molecule has 3 aromatic carbocycles. The lowest BCUT2D eigenvalue weighted by Crippen LogP contribution is -2.46. The highest BCUT2D eigenvalue weighted by Crippen LogP contribution is 2.33. The number of fused-ring (bicyclic) bond motifs is 1. The molecule has 0 unspecified atom stereocenters. The van der Waals surface area contributed by atoms with Crippen LogP contribution in [0.25, 0.3) is 28.1 Å². The van der Waals surface area contributed by atoms with Crippen LogP contribution in [-0.4, -0.2) is 22.1 Å². The lowest BCUT2D eigenvalue weighted by molar-refractivity contribution is 0.000450. The van der Waals surface area contributed by atoms with Crippen molar-refractivity contribution in [3.63, 3.8) is 0 Å². The molecule has 0 aliphatic carbocycles. The monoisotopic (exact) mass is 410 g/mol. The first kappa shape index (κ1) is 21.4. The van der Waals surface area contributed by atoms with Gasteiger partial charge in [-0.2, -0.15) is 0 Å². The molecule has 0 aliphatic heterocycles. The second-order valence-corrected chi connectivity index (χ2v) is 9.74. The van der Waals surface area contributed by atoms with Crippen LogP contribution in [0.3, 0.4) is 0 Å². The van der Waals surface area contributed by atoms with Crippen molar-refractivity contribution in [2.24, 2.45) is 5.41 Å². The van der Waals surface area contributed by atoms with Crippen molar-refractivity contribution in [3.05, 3.63) is 78.9 Å². The number of nitrogens with zero attached hydrogens (tertiary/aromatic N) is 2. The minimum absolute atomic E-state index is 0.0106. The number of imidazole rings is 1. The summed E-state index contributed by atoms with van der Waals surface area (Å²) >= 11 is 0. The van der Waals surface area contributed by atoms with Crippen molar-refractivity contribution in [2.45, 2.75) is 47.0 Å². The van der Waals surface area contributed by atoms with Gasteiger partial charge in [-0.3, -0.25) is 4.57 Å². The van der Waals surface area contributed by atoms with Crippen LogP contribution in [0.2, 0.25) is 6.82 Å². The van der Waals surface area contributed by atoms with Crippen LogP contribution >= 0.6 is 0 Å². The van der Waals surface area contributed by atoms with Gasteiger partial charge >= 0.3 is 6.92 Å². The molecule has 31 heavy (non-hydrogen) atoms. The van der Waals surface area contributed by atoms with Crippen LogP contribution in [0.1, 0.15) is 34.6 Å². The van der Waals surface area contributed by atoms with Crippen molar-refractivity contribution < 1.29 is 4.65 Å². The smallest absolute Gasteiger partial charge is 0.324 e. The minimum atomic E-state index is -0.230. The molecule has 0 radical (unpaired) electrons. The summed E-state index contributed by atoms with van der Waals surface area (Å²) in [4.78, 5) is 4.93. The zero-order valence-electron chi connectivity index (χ0n) is 19.4. The molecule has 4 aromatic rings. The zero-order chi connectivity index (χ0) is 22.2. The average molecular weight is 410 g/mol. The van der Waals surface area contributed by atoms with Crippen LogP contribution in [0.5, 0.6) is 0 Å². The van der Waals surface area contributed by atoms with Crippen LogP contribution in [0.4, 0.5) is 0 Å². The average Bonchev–Trinajstić information content (AvgIpc) is 3.13. The molecule has 0 amide bonds. The summed E-state index contributed by atoms with van der Waals surface area (Å²) in [6, 6.07) is 27.3. The summed E-state index contributed by atoms with van der Waals surface area (Å²) in [6.45, 7) is 13.1. The Morgan fingerprint density at radius 3 is 2.03 bits per heavy atom. The molecule has 158 valence electrons. The summed E-state index contributed by atoms with van der Waals surface area (Å²) in [6.07, 6.45) is 0. The molecule has 0 atom stereocenters. The Bertz CT molecular complexity index is 1170. The molecule has 0 bridgehead atoms. The maximum atomic E-state index is 6.46. The molecule has 1 aromatic heterocycles. The quantitative estimate of drug-likeness (QED) is 0.358. The first-order valence-corrected chi connectivity index (χ1v) is 11.0. The van der Waals surface area contributed by atoms with Crippen LogP contribution in [0, 0.1) is 5.41 Å². The van der Waals surface area contributed by atoms with E-state index in [2.05, 4.69) is 113 Å². The van der Waals surface area contributed by atoms with Crippen molar-refractivity contribution in [1.29, 1.82) is 0 Å². The first-order valence-electron chi connectivity index (χ1n) is 11.0. The third kappa shape index (κ3) is 4.17. The fraction of sp³-hybridized carbons (Fsp3) is 0.296. The van der Waals surface area contributed by atoms with E-state index >= 15 is 0 Å². The highest BCUT2D eigenvalue weighted by Gasteiger charge is 2.36. The van der Waals surface area contributed by atoms with Gasteiger partial charge in [0.2, 0.25) is 0 Å². The van der Waals surface area contributed by atoms with E-state index in [0.717, 1.165) is 28.1 Å². The van der Waals surface area contributed by atoms with Crippen LogP contribution in [-0.2, 0) is 4.65 Å². The van der Waals surface area contributed by atoms with Gasteiger partial charge in [-0.05, 0) is 49.0 Å². The predicted octanol–water partition coefficient (Wildman–Crippen LogP) is 6.36. The second kappa shape index (κ2) is 8.01. The Morgan fingerprint density at radius 1 is 0.774 bits per heavy atom. The maximum absolute atomic E-state index is 6.46. The molecule has 0 saturated carbocycles. The van der Waals surface area contributed by atoms with Gasteiger partial charge in [-0.15, -0.1) is 0 Å². The van der Waals surface area contributed by atoms with Gasteiger partial charge < -0.3 is 4.65 Å². The van der Waals surface area contributed by atoms with Crippen molar-refractivity contribution in [2.75, 3.05) is 0 Å². The van der Waals surface area contributed by atoms with E-state index in [0.29, 0.717) is 0 Å². The number of rotatable bonds is 5. The molecule has 4 heteroatoms. The molecule has 3 nitrogen and oxygen atoms in total. The molecule has 1 heterocycles. The number of hydrogen-bond donors (Lipinski definition) is 0. The third-order valence-electron chi connectivity index (χ3n) is 6.49. The van der Waals surface area contributed by atoms with E-state index < -0.39 is 0 Å². The molecule has 0 fully saturated rings. The second-order valence-electron chi connectivity index (χ2n) is 9.74. The van der Waals surface area contributed by atoms with E-state index in [9.17, 15) is 0 Å². The SMILES string of the molecule is CB(OC(C)(C)C(C)(C)C)c1ccc(-n2c(-c3ccccc3)nc3ccccc32)cc1. The van der Waals surface area contributed by atoms with E-state index in [1.807, 2.05) is 12.1 Å². The van der Waals surface area contributed by atoms with Gasteiger partial charge in [-0.1, -0.05) is 82.2 Å². The number of benzene rings is 3. The molecule has 0 aliphatic rings. The minimum Gasteiger partial charge on any atom is -0.426 e. The van der Waals surface area contributed by atoms with E-state index in [4.69, 9.17) is 9.64 Å². The Balaban J connectivity index is 1.72. The van der Waals surface area contributed by atoms with Gasteiger partial charge in [0.1, 0.15) is 5.82 Å². The Morgan fingerprint density at radius 2 is 1.39 bits per heavy atom. The summed E-state index contributed by atoms with van der Waals surface area (Å²) in [7, 11) is 0. The van der Waals surface area contributed by atoms with Gasteiger partial charge in [0.15, 0.2) is 0 Å². The van der Waals surface area contributed by atoms with Gasteiger partial charge in [0.25, 0.3) is 0 Å². The number of aromatic nitrogens is 2. The molecule has 0 N–H and O–H groups in total. The summed E-state index contributed by atoms with van der Waals surface area (Å²) in [5.74, 6) is 0.952. The fourth-order valence-corrected chi connectivity index (χ4v) is 3.65. The van der Waals surface area contributed by atoms with Crippen LogP contribution in [0.15, 0.2) is 78.9 Å². The highest BCUT2D eigenvalue weighted by molar-refractivity contribution is 6.66. The maximum Gasteiger partial charge on any atom is 0.324 e. The van der Waals surface area contributed by atoms with Crippen molar-refractivity contribution in [1.82, 2.24) is 9.55 Å². The van der Waals surface area contributed by atoms with E-state index in [1.54, 1.807) is 0 Å². The fourth-order valence-electron chi connectivity index (χ4n) is 3.65. The Hall–Kier alpha value is -2.85. The zero-order valence-corrected chi connectivity index (χ0v) is 19.4. The predicted molar refractivity (Wildman–Crippen MR) is 132 cm³/mol. The standard InChI is InChI=1S/C27H31BN2O/c1-26(2,3)27(4,5)31-28(6)21-16-18-22(19-17-21)30-24-15-11-10-14-23(24)29-25(30)20-12-8-7-9-13-20/h7-19H,1-6H3. The molecule has 4 rings (SSSR count). The summed E-state index contributed by atoms with van der Waals surface area (Å²) in [5, 5.41) is 0. The Labute approximate surface area is 186 Å². The Kier molecular flexibility index (Phi) is 5.53. The van der Waals surface area contributed by atoms with E-state index in [-0.39, 0.29) is 17.9 Å². The first-order chi connectivity index (χ1) is 14.7. The third-order valence-corrected chi connectivity index (χ3v) is 6.49. The van der Waals surface area contributed by atoms with Crippen molar-refractivity contribution in [3.8, 4) is 17.1 Å².